The molecule has 0 unspecified atom stereocenters. The number of hydroxylamine groups is 2. The minimum absolute atomic E-state index is 0. The van der Waals surface area contributed by atoms with Gasteiger partial charge in [0.25, 0.3) is 0 Å². The molecule has 1 rings (SSSR count). The zero-order valence-electron chi connectivity index (χ0n) is 6.84. The first kappa shape index (κ1) is 13.2. The van der Waals surface area contributed by atoms with Gasteiger partial charge in [0.05, 0.1) is 0 Å². The number of hydrogen-bond acceptors (Lipinski definition) is 2. The Hall–Kier alpha value is 0.608. The van der Waals surface area contributed by atoms with E-state index in [2.05, 4.69) is 0 Å². The zero-order valence-corrected chi connectivity index (χ0v) is 9.77. The molecule has 1 aliphatic rings. The molecule has 10 heavy (non-hydrogen) atoms. The van der Waals surface area contributed by atoms with Gasteiger partial charge in [-0.15, -0.1) is 0 Å². The fraction of sp³-hybridized carbons (Fsp3) is 1.00. The number of piperidine rings is 1. The predicted molar refractivity (Wildman–Crippen MR) is 38.6 cm³/mol. The van der Waals surface area contributed by atoms with Crippen molar-refractivity contribution in [2.75, 3.05) is 13.1 Å². The quantitative estimate of drug-likeness (QED) is 0.738. The standard InChI is InChI=1S/C5H11NO.C2H6.W/c7-6-4-2-1-3-5-6;1-2;/h7H,1-5H2;1-2H3;. The van der Waals surface area contributed by atoms with E-state index in [1.807, 2.05) is 13.8 Å². The van der Waals surface area contributed by atoms with Crippen LogP contribution in [0.2, 0.25) is 0 Å². The smallest absolute Gasteiger partial charge is 0.0238 e. The first-order valence-corrected chi connectivity index (χ1v) is 3.83. The molecule has 0 aromatic heterocycles. The minimum atomic E-state index is 0. The van der Waals surface area contributed by atoms with Crippen molar-refractivity contribution in [3.8, 4) is 0 Å². The SMILES string of the molecule is CC.ON1CCCCC1.[W]. The molecular formula is C7H17NOW. The van der Waals surface area contributed by atoms with Crippen LogP contribution in [0.1, 0.15) is 33.1 Å². The summed E-state index contributed by atoms with van der Waals surface area (Å²) in [5.74, 6) is 0. The van der Waals surface area contributed by atoms with Crippen LogP contribution < -0.4 is 0 Å². The average molecular weight is 315 g/mol. The van der Waals surface area contributed by atoms with E-state index >= 15 is 0 Å². The van der Waals surface area contributed by atoms with Crippen molar-refractivity contribution < 1.29 is 26.3 Å². The summed E-state index contributed by atoms with van der Waals surface area (Å²) < 4.78 is 0. The second-order valence-corrected chi connectivity index (χ2v) is 2.01. The Balaban J connectivity index is 0. The van der Waals surface area contributed by atoms with E-state index in [0.29, 0.717) is 0 Å². The third-order valence-electron chi connectivity index (χ3n) is 1.33. The van der Waals surface area contributed by atoms with Crippen molar-refractivity contribution in [3.63, 3.8) is 0 Å². The van der Waals surface area contributed by atoms with Gasteiger partial charge in [0.2, 0.25) is 0 Å². The maximum atomic E-state index is 8.74. The molecule has 0 aromatic rings. The zero-order chi connectivity index (χ0) is 7.11. The topological polar surface area (TPSA) is 23.5 Å². The molecular weight excluding hydrogens is 298 g/mol. The van der Waals surface area contributed by atoms with Crippen LogP contribution in [0.15, 0.2) is 0 Å². The van der Waals surface area contributed by atoms with E-state index in [4.69, 9.17) is 5.21 Å². The molecule has 0 radical (unpaired) electrons. The molecule has 1 fully saturated rings. The van der Waals surface area contributed by atoms with Crippen molar-refractivity contribution in [1.29, 1.82) is 0 Å². The second-order valence-electron chi connectivity index (χ2n) is 2.01. The summed E-state index contributed by atoms with van der Waals surface area (Å²) in [7, 11) is 0. The van der Waals surface area contributed by atoms with E-state index in [1.54, 1.807) is 0 Å². The van der Waals surface area contributed by atoms with Gasteiger partial charge in [-0.1, -0.05) is 20.3 Å². The van der Waals surface area contributed by atoms with Crippen LogP contribution >= 0.6 is 0 Å². The van der Waals surface area contributed by atoms with E-state index < -0.39 is 0 Å². The van der Waals surface area contributed by atoms with Gasteiger partial charge in [-0.05, 0) is 12.8 Å². The fourth-order valence-electron chi connectivity index (χ4n) is 0.877. The summed E-state index contributed by atoms with van der Waals surface area (Å²) in [4.78, 5) is 0. The van der Waals surface area contributed by atoms with Gasteiger partial charge >= 0.3 is 0 Å². The number of nitrogens with zero attached hydrogens (tertiary/aromatic N) is 1. The van der Waals surface area contributed by atoms with Crippen molar-refractivity contribution in [2.24, 2.45) is 0 Å². The van der Waals surface area contributed by atoms with Crippen molar-refractivity contribution in [2.45, 2.75) is 33.1 Å². The van der Waals surface area contributed by atoms with E-state index in [-0.39, 0.29) is 21.1 Å². The normalized spacial score (nSPS) is 18.3. The van der Waals surface area contributed by atoms with Crippen LogP contribution in [0.5, 0.6) is 0 Å². The second kappa shape index (κ2) is 9.61. The maximum Gasteiger partial charge on any atom is 0.0238 e. The van der Waals surface area contributed by atoms with E-state index in [9.17, 15) is 0 Å². The van der Waals surface area contributed by atoms with Crippen LogP contribution in [0, 0.1) is 0 Å². The molecule has 1 aliphatic heterocycles. The van der Waals surface area contributed by atoms with Gasteiger partial charge in [0.15, 0.2) is 0 Å². The first-order valence-electron chi connectivity index (χ1n) is 3.83. The Morgan fingerprint density at radius 3 is 1.60 bits per heavy atom. The van der Waals surface area contributed by atoms with Crippen LogP contribution in [0.3, 0.4) is 0 Å². The van der Waals surface area contributed by atoms with E-state index in [0.717, 1.165) is 25.9 Å². The largest absolute Gasteiger partial charge is 0.314 e. The molecule has 0 saturated carbocycles. The number of rotatable bonds is 0. The monoisotopic (exact) mass is 315 g/mol. The summed E-state index contributed by atoms with van der Waals surface area (Å²) >= 11 is 0. The summed E-state index contributed by atoms with van der Waals surface area (Å²) in [6.45, 7) is 5.75. The molecule has 0 atom stereocenters. The Labute approximate surface area is 77.8 Å². The van der Waals surface area contributed by atoms with Gasteiger partial charge < -0.3 is 5.21 Å². The number of hydrogen-bond donors (Lipinski definition) is 1. The van der Waals surface area contributed by atoms with Crippen LogP contribution in [-0.2, 0) is 21.1 Å². The molecule has 2 nitrogen and oxygen atoms in total. The van der Waals surface area contributed by atoms with Crippen molar-refractivity contribution >= 4 is 0 Å². The van der Waals surface area contributed by atoms with Gasteiger partial charge in [-0.3, -0.25) is 0 Å². The molecule has 0 aliphatic carbocycles. The minimum Gasteiger partial charge on any atom is -0.314 e. The van der Waals surface area contributed by atoms with Gasteiger partial charge in [-0.2, -0.15) is 5.06 Å². The molecule has 0 bridgehead atoms. The Kier molecular flexibility index (Phi) is 12.7. The molecule has 0 aromatic carbocycles. The molecule has 3 heteroatoms. The van der Waals surface area contributed by atoms with Crippen LogP contribution in [-0.4, -0.2) is 23.4 Å². The third-order valence-corrected chi connectivity index (χ3v) is 1.33. The molecule has 1 heterocycles. The van der Waals surface area contributed by atoms with Gasteiger partial charge in [0.1, 0.15) is 0 Å². The first-order chi connectivity index (χ1) is 4.39. The molecule has 1 N–H and O–H groups in total. The fourth-order valence-corrected chi connectivity index (χ4v) is 0.877. The van der Waals surface area contributed by atoms with Crippen LogP contribution in [0.4, 0.5) is 0 Å². The summed E-state index contributed by atoms with van der Waals surface area (Å²) in [5.41, 5.74) is 0. The predicted octanol–water partition coefficient (Wildman–Crippen LogP) is 1.89. The Bertz CT molecular complexity index is 55.6. The molecule has 62 valence electrons. The molecule has 0 spiro atoms. The third kappa shape index (κ3) is 6.72. The van der Waals surface area contributed by atoms with E-state index in [1.165, 1.54) is 11.5 Å². The van der Waals surface area contributed by atoms with Crippen LogP contribution in [0.25, 0.3) is 0 Å². The van der Waals surface area contributed by atoms with Gasteiger partial charge in [-0.25, -0.2) is 0 Å². The van der Waals surface area contributed by atoms with Crippen molar-refractivity contribution in [1.82, 2.24) is 5.06 Å². The van der Waals surface area contributed by atoms with Gasteiger partial charge in [0, 0.05) is 34.2 Å². The molecule has 0 amide bonds. The Morgan fingerprint density at radius 1 is 1.00 bits per heavy atom. The summed E-state index contributed by atoms with van der Waals surface area (Å²) in [6, 6.07) is 0. The van der Waals surface area contributed by atoms with Crippen molar-refractivity contribution in [3.05, 3.63) is 0 Å². The molecule has 1 saturated heterocycles. The maximum absolute atomic E-state index is 8.74. The summed E-state index contributed by atoms with van der Waals surface area (Å²) in [6.07, 6.45) is 3.62. The average Bonchev–Trinajstić information content (AvgIpc) is 1.94. The summed E-state index contributed by atoms with van der Waals surface area (Å²) in [5, 5.41) is 10.1. The Morgan fingerprint density at radius 2 is 1.40 bits per heavy atom.